The minimum Gasteiger partial charge on any atom is -0.342 e. The number of rotatable bonds is 0. The Hall–Kier alpha value is -1.31. The Morgan fingerprint density at radius 1 is 1.21 bits per heavy atom. The van der Waals surface area contributed by atoms with Gasteiger partial charge in [0.25, 0.3) is 0 Å². The molecular formula is C12H16N2. The molecule has 0 saturated carbocycles. The van der Waals surface area contributed by atoms with Crippen LogP contribution in [0.5, 0.6) is 0 Å². The first kappa shape index (κ1) is 9.25. The third-order valence-corrected chi connectivity index (χ3v) is 2.35. The van der Waals surface area contributed by atoms with Gasteiger partial charge in [-0.15, -0.1) is 0 Å². The molecule has 0 aliphatic carbocycles. The number of hydrogen-bond donors (Lipinski definition) is 1. The number of fused-ring (bicyclic) bond motifs is 1. The molecule has 1 heterocycles. The van der Waals surface area contributed by atoms with Crippen LogP contribution in [0.2, 0.25) is 0 Å². The lowest BCUT2D eigenvalue weighted by Crippen LogP contribution is -2.12. The molecule has 2 heteroatoms. The molecule has 1 aromatic heterocycles. The van der Waals surface area contributed by atoms with Gasteiger partial charge in [-0.1, -0.05) is 26.8 Å². The molecule has 2 rings (SSSR count). The molecule has 0 aliphatic rings. The summed E-state index contributed by atoms with van der Waals surface area (Å²) in [6, 6.07) is 6.30. The maximum Gasteiger partial charge on any atom is 0.112 e. The van der Waals surface area contributed by atoms with Crippen molar-refractivity contribution in [2.75, 3.05) is 0 Å². The van der Waals surface area contributed by atoms with Gasteiger partial charge in [0.15, 0.2) is 0 Å². The van der Waals surface area contributed by atoms with Crippen LogP contribution in [0, 0.1) is 6.92 Å². The van der Waals surface area contributed by atoms with Crippen molar-refractivity contribution < 1.29 is 0 Å². The van der Waals surface area contributed by atoms with Gasteiger partial charge in [0.1, 0.15) is 5.82 Å². The standard InChI is InChI=1S/C12H16N2/c1-8-5-6-9-10(7-8)14-11(13-9)12(2,3)4/h5-7H,1-4H3,(H,13,14). The Kier molecular flexibility index (Phi) is 1.88. The lowest BCUT2D eigenvalue weighted by Gasteiger charge is -2.13. The predicted molar refractivity (Wildman–Crippen MR) is 59.5 cm³/mol. The first-order valence-electron chi connectivity index (χ1n) is 4.94. The lowest BCUT2D eigenvalue weighted by atomic mass is 9.96. The maximum absolute atomic E-state index is 4.57. The van der Waals surface area contributed by atoms with Gasteiger partial charge in [-0.3, -0.25) is 0 Å². The third-order valence-electron chi connectivity index (χ3n) is 2.35. The zero-order chi connectivity index (χ0) is 10.3. The third kappa shape index (κ3) is 1.52. The molecule has 0 radical (unpaired) electrons. The second kappa shape index (κ2) is 2.84. The van der Waals surface area contributed by atoms with E-state index in [-0.39, 0.29) is 5.41 Å². The summed E-state index contributed by atoms with van der Waals surface area (Å²) in [5.74, 6) is 1.05. The fourth-order valence-corrected chi connectivity index (χ4v) is 1.48. The van der Waals surface area contributed by atoms with Gasteiger partial charge >= 0.3 is 0 Å². The Balaban J connectivity index is 2.63. The van der Waals surface area contributed by atoms with E-state index in [4.69, 9.17) is 0 Å². The van der Waals surface area contributed by atoms with Gasteiger partial charge in [0.05, 0.1) is 11.0 Å². The maximum atomic E-state index is 4.57. The summed E-state index contributed by atoms with van der Waals surface area (Å²) in [7, 11) is 0. The zero-order valence-corrected chi connectivity index (χ0v) is 9.18. The van der Waals surface area contributed by atoms with E-state index < -0.39 is 0 Å². The van der Waals surface area contributed by atoms with Crippen LogP contribution in [0.25, 0.3) is 11.0 Å². The average Bonchev–Trinajstić information content (AvgIpc) is 2.45. The minimum atomic E-state index is 0.0902. The molecule has 0 atom stereocenters. The topological polar surface area (TPSA) is 28.7 Å². The number of aryl methyl sites for hydroxylation is 1. The molecule has 0 spiro atoms. The highest BCUT2D eigenvalue weighted by molar-refractivity contribution is 5.76. The van der Waals surface area contributed by atoms with Crippen LogP contribution in [0.15, 0.2) is 18.2 Å². The van der Waals surface area contributed by atoms with E-state index in [0.717, 1.165) is 16.9 Å². The Morgan fingerprint density at radius 2 is 1.93 bits per heavy atom. The molecule has 0 fully saturated rings. The molecule has 2 aromatic rings. The van der Waals surface area contributed by atoms with E-state index in [1.165, 1.54) is 5.56 Å². The van der Waals surface area contributed by atoms with Crippen molar-refractivity contribution in [2.24, 2.45) is 0 Å². The van der Waals surface area contributed by atoms with Crippen molar-refractivity contribution in [2.45, 2.75) is 33.1 Å². The van der Waals surface area contributed by atoms with Gasteiger partial charge in [-0.05, 0) is 24.6 Å². The molecule has 74 valence electrons. The number of nitrogens with zero attached hydrogens (tertiary/aromatic N) is 1. The molecule has 0 aliphatic heterocycles. The summed E-state index contributed by atoms with van der Waals surface area (Å²) in [5.41, 5.74) is 3.55. The van der Waals surface area contributed by atoms with Crippen molar-refractivity contribution in [3.8, 4) is 0 Å². The molecule has 0 bridgehead atoms. The number of aromatic amines is 1. The van der Waals surface area contributed by atoms with Crippen molar-refractivity contribution in [3.05, 3.63) is 29.6 Å². The fraction of sp³-hybridized carbons (Fsp3) is 0.417. The fourth-order valence-electron chi connectivity index (χ4n) is 1.48. The van der Waals surface area contributed by atoms with E-state index in [1.807, 2.05) is 0 Å². The van der Waals surface area contributed by atoms with Crippen LogP contribution in [-0.4, -0.2) is 9.97 Å². The van der Waals surface area contributed by atoms with Gasteiger partial charge in [0, 0.05) is 5.41 Å². The number of benzene rings is 1. The highest BCUT2D eigenvalue weighted by Crippen LogP contribution is 2.22. The Morgan fingerprint density at radius 3 is 2.57 bits per heavy atom. The summed E-state index contributed by atoms with van der Waals surface area (Å²) in [5, 5.41) is 0. The number of hydrogen-bond acceptors (Lipinski definition) is 1. The van der Waals surface area contributed by atoms with E-state index in [2.05, 4.69) is 55.9 Å². The van der Waals surface area contributed by atoms with Crippen LogP contribution in [-0.2, 0) is 5.41 Å². The molecule has 0 saturated heterocycles. The lowest BCUT2D eigenvalue weighted by molar-refractivity contribution is 0.554. The van der Waals surface area contributed by atoms with Crippen LogP contribution in [0.3, 0.4) is 0 Å². The molecule has 0 amide bonds. The highest BCUT2D eigenvalue weighted by atomic mass is 14.9. The predicted octanol–water partition coefficient (Wildman–Crippen LogP) is 3.17. The minimum absolute atomic E-state index is 0.0902. The Bertz CT molecular complexity index is 461. The number of H-pyrrole nitrogens is 1. The number of imidazole rings is 1. The van der Waals surface area contributed by atoms with Gasteiger partial charge < -0.3 is 4.98 Å². The monoisotopic (exact) mass is 188 g/mol. The second-order valence-corrected chi connectivity index (χ2v) is 4.86. The summed E-state index contributed by atoms with van der Waals surface area (Å²) in [4.78, 5) is 7.93. The van der Waals surface area contributed by atoms with Gasteiger partial charge in [-0.25, -0.2) is 4.98 Å². The Labute approximate surface area is 84.4 Å². The number of aromatic nitrogens is 2. The molecule has 2 nitrogen and oxygen atoms in total. The van der Waals surface area contributed by atoms with E-state index in [9.17, 15) is 0 Å². The second-order valence-electron chi connectivity index (χ2n) is 4.86. The molecule has 14 heavy (non-hydrogen) atoms. The van der Waals surface area contributed by atoms with Crippen LogP contribution >= 0.6 is 0 Å². The van der Waals surface area contributed by atoms with Gasteiger partial charge in [0.2, 0.25) is 0 Å². The van der Waals surface area contributed by atoms with E-state index >= 15 is 0 Å². The number of nitrogens with one attached hydrogen (secondary N) is 1. The van der Waals surface area contributed by atoms with Crippen LogP contribution in [0.1, 0.15) is 32.2 Å². The first-order valence-corrected chi connectivity index (χ1v) is 4.94. The van der Waals surface area contributed by atoms with E-state index in [0.29, 0.717) is 0 Å². The van der Waals surface area contributed by atoms with Crippen LogP contribution in [0.4, 0.5) is 0 Å². The van der Waals surface area contributed by atoms with E-state index in [1.54, 1.807) is 0 Å². The summed E-state index contributed by atoms with van der Waals surface area (Å²) in [6.45, 7) is 8.59. The van der Waals surface area contributed by atoms with Crippen LogP contribution < -0.4 is 0 Å². The zero-order valence-electron chi connectivity index (χ0n) is 9.18. The van der Waals surface area contributed by atoms with Gasteiger partial charge in [-0.2, -0.15) is 0 Å². The SMILES string of the molecule is Cc1ccc2nc(C(C)(C)C)[nH]c2c1. The summed E-state index contributed by atoms with van der Waals surface area (Å²) >= 11 is 0. The summed E-state index contributed by atoms with van der Waals surface area (Å²) < 4.78 is 0. The first-order chi connectivity index (χ1) is 6.47. The largest absolute Gasteiger partial charge is 0.342 e. The molecule has 1 N–H and O–H groups in total. The quantitative estimate of drug-likeness (QED) is 0.676. The average molecular weight is 188 g/mol. The smallest absolute Gasteiger partial charge is 0.112 e. The van der Waals surface area contributed by atoms with Crippen molar-refractivity contribution in [1.29, 1.82) is 0 Å². The highest BCUT2D eigenvalue weighted by Gasteiger charge is 2.17. The van der Waals surface area contributed by atoms with Crippen molar-refractivity contribution >= 4 is 11.0 Å². The van der Waals surface area contributed by atoms with Crippen molar-refractivity contribution in [1.82, 2.24) is 9.97 Å². The normalized spacial score (nSPS) is 12.3. The molecular weight excluding hydrogens is 172 g/mol. The molecule has 1 aromatic carbocycles. The van der Waals surface area contributed by atoms with Crippen molar-refractivity contribution in [3.63, 3.8) is 0 Å². The molecule has 0 unspecified atom stereocenters. The summed E-state index contributed by atoms with van der Waals surface area (Å²) in [6.07, 6.45) is 0.